The molecule has 1 aliphatic heterocycles. The summed E-state index contributed by atoms with van der Waals surface area (Å²) in [5, 5.41) is 5.27. The predicted molar refractivity (Wildman–Crippen MR) is 73.1 cm³/mol. The van der Waals surface area contributed by atoms with E-state index < -0.39 is 0 Å². The summed E-state index contributed by atoms with van der Waals surface area (Å²) in [6, 6.07) is 0. The van der Waals surface area contributed by atoms with E-state index in [1.807, 2.05) is 5.38 Å². The first-order valence-electron chi connectivity index (χ1n) is 6.20. The molecule has 1 aromatic rings. The number of hydrogen-bond acceptors (Lipinski definition) is 4. The zero-order valence-corrected chi connectivity index (χ0v) is 11.7. The summed E-state index contributed by atoms with van der Waals surface area (Å²) in [5.74, 6) is 0.377. The molecule has 1 aromatic heterocycles. The summed E-state index contributed by atoms with van der Waals surface area (Å²) < 4.78 is 5.59. The molecule has 0 aromatic carbocycles. The number of rotatable bonds is 5. The Morgan fingerprint density at radius 2 is 2.50 bits per heavy atom. The maximum atomic E-state index is 11.7. The van der Waals surface area contributed by atoms with Crippen LogP contribution in [0.3, 0.4) is 0 Å². The summed E-state index contributed by atoms with van der Waals surface area (Å²) in [7, 11) is 0. The van der Waals surface area contributed by atoms with Gasteiger partial charge in [0.25, 0.3) is 0 Å². The van der Waals surface area contributed by atoms with E-state index >= 15 is 0 Å². The second-order valence-corrected chi connectivity index (χ2v) is 5.48. The van der Waals surface area contributed by atoms with Crippen LogP contribution in [0, 0.1) is 0 Å². The number of ether oxygens (including phenoxy) is 1. The van der Waals surface area contributed by atoms with E-state index in [1.54, 1.807) is 0 Å². The summed E-state index contributed by atoms with van der Waals surface area (Å²) in [4.78, 5) is 15.9. The van der Waals surface area contributed by atoms with Gasteiger partial charge in [-0.05, 0) is 25.7 Å². The molecular weight excluding hydrogens is 272 g/mol. The third-order valence-corrected chi connectivity index (χ3v) is 3.98. The Balaban J connectivity index is 1.71. The molecule has 1 unspecified atom stereocenters. The van der Waals surface area contributed by atoms with Gasteiger partial charge in [-0.3, -0.25) is 4.79 Å². The molecule has 0 spiro atoms. The lowest BCUT2D eigenvalue weighted by Gasteiger charge is -2.21. The van der Waals surface area contributed by atoms with Crippen LogP contribution in [-0.2, 0) is 15.4 Å². The number of nitrogens with zero attached hydrogens (tertiary/aromatic N) is 1. The van der Waals surface area contributed by atoms with E-state index in [2.05, 4.69) is 10.3 Å². The number of alkyl halides is 1. The number of aromatic nitrogens is 1. The highest BCUT2D eigenvalue weighted by Crippen LogP contribution is 2.19. The van der Waals surface area contributed by atoms with Crippen LogP contribution in [0.15, 0.2) is 5.38 Å². The van der Waals surface area contributed by atoms with E-state index in [0.717, 1.165) is 31.6 Å². The van der Waals surface area contributed by atoms with Gasteiger partial charge in [-0.25, -0.2) is 4.98 Å². The Kier molecular flexibility index (Phi) is 5.41. The van der Waals surface area contributed by atoms with Gasteiger partial charge < -0.3 is 10.1 Å². The van der Waals surface area contributed by atoms with Crippen molar-refractivity contribution in [2.24, 2.45) is 0 Å². The monoisotopic (exact) mass is 288 g/mol. The van der Waals surface area contributed by atoms with Crippen molar-refractivity contribution in [1.82, 2.24) is 4.98 Å². The summed E-state index contributed by atoms with van der Waals surface area (Å²) in [6.45, 7) is 0.831. The summed E-state index contributed by atoms with van der Waals surface area (Å²) in [6.07, 6.45) is 4.95. The Hall–Kier alpha value is -0.650. The van der Waals surface area contributed by atoms with Crippen LogP contribution in [0.2, 0.25) is 0 Å². The van der Waals surface area contributed by atoms with Crippen LogP contribution in [0.5, 0.6) is 0 Å². The number of amides is 1. The lowest BCUT2D eigenvalue weighted by Crippen LogP contribution is -2.21. The Labute approximate surface area is 116 Å². The van der Waals surface area contributed by atoms with Gasteiger partial charge in [0.2, 0.25) is 5.91 Å². The molecule has 1 atom stereocenters. The number of hydrogen-bond donors (Lipinski definition) is 1. The smallest absolute Gasteiger partial charge is 0.226 e. The average Bonchev–Trinajstić information content (AvgIpc) is 2.85. The van der Waals surface area contributed by atoms with Crippen molar-refractivity contribution in [1.29, 1.82) is 0 Å². The fourth-order valence-corrected chi connectivity index (χ4v) is 2.89. The maximum absolute atomic E-state index is 11.7. The highest BCUT2D eigenvalue weighted by molar-refractivity contribution is 7.13. The van der Waals surface area contributed by atoms with Gasteiger partial charge in [-0.15, -0.1) is 22.9 Å². The zero-order chi connectivity index (χ0) is 12.8. The van der Waals surface area contributed by atoms with Crippen LogP contribution in [0.25, 0.3) is 0 Å². The highest BCUT2D eigenvalue weighted by Gasteiger charge is 2.15. The number of nitrogens with one attached hydrogen (secondary N) is 1. The molecule has 4 nitrogen and oxygen atoms in total. The standard InChI is InChI=1S/C12H17ClN2O2S/c13-7-9-8-18-12(14-9)15-11(16)5-4-10-3-1-2-6-17-10/h8,10H,1-7H2,(H,14,15,16). The van der Waals surface area contributed by atoms with Gasteiger partial charge in [0.1, 0.15) is 0 Å². The number of carbonyl (C=O) groups is 1. The normalized spacial score (nSPS) is 19.7. The van der Waals surface area contributed by atoms with Crippen LogP contribution in [0.4, 0.5) is 5.13 Å². The van der Waals surface area contributed by atoms with Crippen LogP contribution in [-0.4, -0.2) is 23.6 Å². The molecule has 100 valence electrons. The molecule has 1 amide bonds. The van der Waals surface area contributed by atoms with Gasteiger partial charge in [-0.1, -0.05) is 0 Å². The quantitative estimate of drug-likeness (QED) is 0.847. The fourth-order valence-electron chi connectivity index (χ4n) is 1.93. The fraction of sp³-hybridized carbons (Fsp3) is 0.667. The molecule has 0 radical (unpaired) electrons. The number of anilines is 1. The number of carbonyl (C=O) groups excluding carboxylic acids is 1. The molecule has 0 saturated carbocycles. The Morgan fingerprint density at radius 1 is 1.61 bits per heavy atom. The molecule has 1 aliphatic rings. The summed E-state index contributed by atoms with van der Waals surface area (Å²) in [5.41, 5.74) is 0.799. The van der Waals surface area contributed by atoms with Crippen LogP contribution < -0.4 is 5.32 Å². The third-order valence-electron chi connectivity index (χ3n) is 2.90. The Morgan fingerprint density at radius 3 is 3.17 bits per heavy atom. The van der Waals surface area contributed by atoms with Gasteiger partial charge in [0.05, 0.1) is 17.7 Å². The second kappa shape index (κ2) is 7.07. The third kappa shape index (κ3) is 4.23. The van der Waals surface area contributed by atoms with Gasteiger partial charge >= 0.3 is 0 Å². The zero-order valence-electron chi connectivity index (χ0n) is 10.2. The molecule has 1 saturated heterocycles. The highest BCUT2D eigenvalue weighted by atomic mass is 35.5. The number of halogens is 1. The molecule has 1 N–H and O–H groups in total. The first-order valence-corrected chi connectivity index (χ1v) is 7.61. The van der Waals surface area contributed by atoms with Crippen molar-refractivity contribution in [3.8, 4) is 0 Å². The van der Waals surface area contributed by atoms with Crippen molar-refractivity contribution in [3.63, 3.8) is 0 Å². The Bertz CT molecular complexity index is 391. The first-order chi connectivity index (χ1) is 8.78. The van der Waals surface area contributed by atoms with Crippen LogP contribution >= 0.6 is 22.9 Å². The minimum atomic E-state index is -0.000328. The lowest BCUT2D eigenvalue weighted by molar-refractivity contribution is -0.117. The van der Waals surface area contributed by atoms with Crippen LogP contribution in [0.1, 0.15) is 37.8 Å². The number of thiazole rings is 1. The van der Waals surface area contributed by atoms with E-state index in [1.165, 1.54) is 17.8 Å². The topological polar surface area (TPSA) is 51.2 Å². The first kappa shape index (κ1) is 13.8. The van der Waals surface area contributed by atoms with Gasteiger partial charge in [-0.2, -0.15) is 0 Å². The van der Waals surface area contributed by atoms with Crippen molar-refractivity contribution < 1.29 is 9.53 Å². The molecule has 0 bridgehead atoms. The minimum absolute atomic E-state index is 0.000328. The van der Waals surface area contributed by atoms with Crippen molar-refractivity contribution in [2.75, 3.05) is 11.9 Å². The van der Waals surface area contributed by atoms with E-state index in [9.17, 15) is 4.79 Å². The molecule has 2 rings (SSSR count). The maximum Gasteiger partial charge on any atom is 0.226 e. The van der Waals surface area contributed by atoms with Crippen molar-refractivity contribution >= 4 is 34.0 Å². The van der Waals surface area contributed by atoms with E-state index in [-0.39, 0.29) is 12.0 Å². The van der Waals surface area contributed by atoms with Gasteiger partial charge in [0, 0.05) is 18.4 Å². The molecule has 18 heavy (non-hydrogen) atoms. The molecule has 6 heteroatoms. The van der Waals surface area contributed by atoms with Crippen molar-refractivity contribution in [2.45, 2.75) is 44.1 Å². The lowest BCUT2D eigenvalue weighted by atomic mass is 10.0. The largest absolute Gasteiger partial charge is 0.378 e. The van der Waals surface area contributed by atoms with Crippen molar-refractivity contribution in [3.05, 3.63) is 11.1 Å². The SMILES string of the molecule is O=C(CCC1CCCCO1)Nc1nc(CCl)cs1. The average molecular weight is 289 g/mol. The predicted octanol–water partition coefficient (Wildman–Crippen LogP) is 3.17. The second-order valence-electron chi connectivity index (χ2n) is 4.35. The van der Waals surface area contributed by atoms with E-state index in [4.69, 9.17) is 16.3 Å². The molecule has 1 fully saturated rings. The minimum Gasteiger partial charge on any atom is -0.378 e. The molecule has 0 aliphatic carbocycles. The molecular formula is C12H17ClN2O2S. The molecule has 2 heterocycles. The van der Waals surface area contributed by atoms with E-state index in [0.29, 0.717) is 17.4 Å². The summed E-state index contributed by atoms with van der Waals surface area (Å²) >= 11 is 7.06. The van der Waals surface area contributed by atoms with Gasteiger partial charge in [0.15, 0.2) is 5.13 Å².